The highest BCUT2D eigenvalue weighted by Gasteiger charge is 2.51. The normalized spacial score (nSPS) is 29.1. The van der Waals surface area contributed by atoms with Crippen molar-refractivity contribution in [3.8, 4) is 57.1 Å². The Labute approximate surface area is 596 Å². The maximum absolute atomic E-state index is 16.0. The summed E-state index contributed by atoms with van der Waals surface area (Å²) in [6.45, 7) is 5.69. The number of phenols is 3. The predicted molar refractivity (Wildman–Crippen MR) is 353 cm³/mol. The molecule has 21 N–H and O–H groups in total. The minimum atomic E-state index is -2.36. The van der Waals surface area contributed by atoms with Crippen LogP contribution in [0.2, 0.25) is 10.0 Å². The number of phenolic OH excluding ortho intramolecular Hbond substituents is 3. The molecule has 5 aromatic carbocycles. The largest absolute Gasteiger partial charge is 0.548 e. The minimum absolute atomic E-state index is 0. The standard InChI is InChI=1S/C66H75Cl2N9O24.ClH/c1-23(2)12-34(71-5)58(88)76-49-51(83)26-7-10-38(32(67)14-26)97-40-16-28-17-41(55(40)101-65-56(54(86)53(85)42(22-78)99-65)100-44-21-66(4,70)57(87)24(3)96-44)98-39-11-8-27(15-33(39)68)52(84)50-63(93)75-48(64(94)95)31-18-29(79)19-37(81)45(31)30-13-25(6-9-36(30)80)46(60(90)77-50)74-61(91)47(28)73-59(89)35(20-43(69)82)72-62(49)92;/h6-11,13-19,23-24,34-35,42,44,46-54,56-57,65,71,78-81,83-87H,12,20-22,70H2,1-5H3,(H2,69,82)(H,72,92)(H,73,89)(H,74,91)(H,75,93)(H,76,88)(H,77,90)(H,94,95);1H/t24?,34-,35+,42?,44+,46-,47-,48+,49-,50+,51-,52-,53-,54?,56-,57+,65+,66-;/m1./s1. The number of aliphatic hydroxyl groups is 6. The number of carboxylic acids is 1. The maximum Gasteiger partial charge on any atom is 0.278 e. The van der Waals surface area contributed by atoms with Crippen LogP contribution in [0.25, 0.3) is 11.1 Å². The number of carbonyl (C=O) groups is 8. The number of nitrogens with one attached hydrogen (secondary N) is 6. The SMILES string of the molecule is C[NH2+][C@H](CC(C)C)C(=O)N[C@H]1C(=O)N[C@@H](CC(N)=O)C(=O)N[C@H]2C(=O)N[C@H]3C(=O)N[C@H](C(=O)N[C@H](C(=O)[O-])c4cc(O)cc(O)c4-c4cc3ccc4O)[C@H](O)c3ccc(c(Cl)c3)Oc3cc2cc(c3O[C@@H]2OC(CO)[C@@H](O)C(O)[C@H]2O[C@H]2C[C@@](C)(N)[C@@H](O)C(C)O2)Oc2ccc(cc2Cl)[C@H]1O.Cl. The second kappa shape index (κ2) is 31.4. The van der Waals surface area contributed by atoms with Crippen molar-refractivity contribution in [1.29, 1.82) is 0 Å². The molecule has 11 bridgehead atoms. The van der Waals surface area contributed by atoms with Gasteiger partial charge in [-0.25, -0.2) is 0 Å². The van der Waals surface area contributed by atoms with Crippen molar-refractivity contribution < 1.29 is 123 Å². The Kier molecular flexibility index (Phi) is 23.8. The molecule has 33 nitrogen and oxygen atoms in total. The van der Waals surface area contributed by atoms with Crippen molar-refractivity contribution in [2.45, 2.75) is 156 Å². The maximum atomic E-state index is 16.0. The number of amides is 7. The Bertz CT molecular complexity index is 4080. The van der Waals surface area contributed by atoms with E-state index in [1.54, 1.807) is 12.4 Å². The van der Waals surface area contributed by atoms with Gasteiger partial charge < -0.3 is 133 Å². The van der Waals surface area contributed by atoms with Gasteiger partial charge in [-0.15, -0.1) is 12.4 Å². The van der Waals surface area contributed by atoms with Crippen LogP contribution in [-0.4, -0.2) is 186 Å². The lowest BCUT2D eigenvalue weighted by Gasteiger charge is -2.47. The molecule has 550 valence electrons. The first-order chi connectivity index (χ1) is 47.7. The molecule has 18 atom stereocenters. The number of aromatic hydroxyl groups is 3. The van der Waals surface area contributed by atoms with Crippen molar-refractivity contribution in [3.05, 3.63) is 117 Å². The van der Waals surface area contributed by atoms with E-state index < -0.39 is 237 Å². The molecule has 12 rings (SSSR count). The van der Waals surface area contributed by atoms with E-state index in [1.165, 1.54) is 26.0 Å². The van der Waals surface area contributed by atoms with E-state index in [-0.39, 0.29) is 58.6 Å². The van der Waals surface area contributed by atoms with E-state index in [2.05, 4.69) is 31.9 Å². The number of nitrogens with two attached hydrogens (primary N) is 3. The number of hydrogen-bond acceptors (Lipinski definition) is 25. The van der Waals surface area contributed by atoms with Crippen LogP contribution in [0.1, 0.15) is 105 Å². The zero-order chi connectivity index (χ0) is 73.5. The molecule has 7 amide bonds. The molecule has 0 spiro atoms. The first-order valence-corrected chi connectivity index (χ1v) is 32.5. The molecule has 2 fully saturated rings. The van der Waals surface area contributed by atoms with Crippen LogP contribution < -0.4 is 68.0 Å². The number of hydrogen-bond donors (Lipinski definition) is 18. The zero-order valence-electron chi connectivity index (χ0n) is 54.8. The number of likely N-dealkylation sites (N-methyl/N-ethyl adjacent to an activating group) is 1. The topological polar surface area (TPSA) is 538 Å². The fourth-order valence-corrected chi connectivity index (χ4v) is 13.0. The molecule has 3 unspecified atom stereocenters. The predicted octanol–water partition coefficient (Wildman–Crippen LogP) is -1.83. The van der Waals surface area contributed by atoms with Gasteiger partial charge in [0.2, 0.25) is 47.5 Å². The first-order valence-electron chi connectivity index (χ1n) is 31.7. The molecule has 102 heavy (non-hydrogen) atoms. The number of carbonyl (C=O) groups excluding carboxylic acids is 8. The van der Waals surface area contributed by atoms with Gasteiger partial charge in [0.25, 0.3) is 5.91 Å². The summed E-state index contributed by atoms with van der Waals surface area (Å²) >= 11 is 14.1. The van der Waals surface area contributed by atoms with Gasteiger partial charge in [0, 0.05) is 35.6 Å². The van der Waals surface area contributed by atoms with Crippen molar-refractivity contribution in [2.75, 3.05) is 13.7 Å². The van der Waals surface area contributed by atoms with Crippen molar-refractivity contribution in [3.63, 3.8) is 0 Å². The number of halogens is 3. The van der Waals surface area contributed by atoms with Crippen LogP contribution >= 0.6 is 35.6 Å². The lowest BCUT2D eigenvalue weighted by molar-refractivity contribution is -0.651. The number of ether oxygens (including phenoxy) is 6. The Balaban J connectivity index is 0.0000121. The van der Waals surface area contributed by atoms with E-state index in [0.717, 1.165) is 66.7 Å². The van der Waals surface area contributed by atoms with Crippen LogP contribution in [-0.2, 0) is 52.6 Å². The number of rotatable bonds is 13. The quantitative estimate of drug-likeness (QED) is 0.0616. The van der Waals surface area contributed by atoms with E-state index in [9.17, 15) is 75.0 Å². The smallest absolute Gasteiger partial charge is 0.278 e. The fraction of sp³-hybridized carbons (Fsp3) is 0.424. The number of aliphatic carboxylic acids is 1. The summed E-state index contributed by atoms with van der Waals surface area (Å²) in [5.41, 5.74) is 7.85. The lowest BCUT2D eigenvalue weighted by atomic mass is 9.86. The third kappa shape index (κ3) is 16.3. The summed E-state index contributed by atoms with van der Waals surface area (Å²) in [4.78, 5) is 117. The van der Waals surface area contributed by atoms with Gasteiger partial charge in [0.05, 0.1) is 54.3 Å². The van der Waals surface area contributed by atoms with Crippen molar-refractivity contribution in [2.24, 2.45) is 17.4 Å². The van der Waals surface area contributed by atoms with Crippen LogP contribution in [0.4, 0.5) is 0 Å². The molecular weight excluding hydrogens is 1410 g/mol. The van der Waals surface area contributed by atoms with Gasteiger partial charge in [0.15, 0.2) is 29.9 Å². The van der Waals surface area contributed by atoms with Gasteiger partial charge in [-0.3, -0.25) is 33.6 Å². The molecule has 2 saturated heterocycles. The van der Waals surface area contributed by atoms with Gasteiger partial charge >= 0.3 is 0 Å². The Morgan fingerprint density at radius 3 is 1.91 bits per heavy atom. The summed E-state index contributed by atoms with van der Waals surface area (Å²) in [5, 5.41) is 132. The van der Waals surface area contributed by atoms with Gasteiger partial charge in [-0.05, 0) is 102 Å². The highest BCUT2D eigenvalue weighted by molar-refractivity contribution is 6.32. The summed E-state index contributed by atoms with van der Waals surface area (Å²) < 4.78 is 38.3. The highest BCUT2D eigenvalue weighted by Crippen LogP contribution is 2.50. The molecule has 0 radical (unpaired) electrons. The van der Waals surface area contributed by atoms with E-state index in [1.807, 2.05) is 13.8 Å². The van der Waals surface area contributed by atoms with Gasteiger partial charge in [-0.2, -0.15) is 0 Å². The monoisotopic (exact) mass is 1480 g/mol. The van der Waals surface area contributed by atoms with Crippen LogP contribution in [0, 0.1) is 5.92 Å². The molecule has 5 aromatic rings. The third-order valence-electron chi connectivity index (χ3n) is 17.9. The second-order valence-electron chi connectivity index (χ2n) is 25.8. The third-order valence-corrected chi connectivity index (χ3v) is 18.4. The minimum Gasteiger partial charge on any atom is -0.548 e. The number of aliphatic hydroxyl groups excluding tert-OH is 6. The highest BCUT2D eigenvalue weighted by atomic mass is 35.5. The van der Waals surface area contributed by atoms with Gasteiger partial charge in [0.1, 0.15) is 89.5 Å². The van der Waals surface area contributed by atoms with Crippen LogP contribution in [0.15, 0.2) is 78.9 Å². The number of fused-ring (bicyclic) bond motifs is 15. The van der Waals surface area contributed by atoms with Gasteiger partial charge in [-0.1, -0.05) is 55.2 Å². The summed E-state index contributed by atoms with van der Waals surface area (Å²) in [6, 6.07) is -0.806. The number of primary amides is 1. The van der Waals surface area contributed by atoms with Crippen molar-refractivity contribution in [1.82, 2.24) is 31.9 Å². The van der Waals surface area contributed by atoms with Crippen LogP contribution in [0.3, 0.4) is 0 Å². The molecule has 7 aliphatic rings. The Morgan fingerprint density at radius 2 is 1.33 bits per heavy atom. The van der Waals surface area contributed by atoms with Crippen molar-refractivity contribution >= 4 is 82.9 Å². The summed E-state index contributed by atoms with van der Waals surface area (Å²) in [7, 11) is 1.60. The lowest BCUT2D eigenvalue weighted by Crippen LogP contribution is -2.89. The molecule has 0 aromatic heterocycles. The number of carboxylic acid groups (broad SMARTS) is 1. The average molecular weight is 1490 g/mol. The number of benzene rings is 5. The molecule has 7 heterocycles. The molecule has 7 aliphatic heterocycles. The molecule has 36 heteroatoms. The Hall–Kier alpha value is -8.91. The molecule has 0 aliphatic carbocycles. The second-order valence-corrected chi connectivity index (χ2v) is 26.6. The average Bonchev–Trinajstić information content (AvgIpc) is 0.773. The van der Waals surface area contributed by atoms with E-state index in [4.69, 9.17) is 63.1 Å². The first kappa shape index (κ1) is 77.3. The van der Waals surface area contributed by atoms with E-state index >= 15 is 14.4 Å². The summed E-state index contributed by atoms with van der Waals surface area (Å²) in [5.74, 6) is -16.3. The Morgan fingerprint density at radius 1 is 0.735 bits per heavy atom. The molecule has 0 saturated carbocycles. The van der Waals surface area contributed by atoms with E-state index in [0.29, 0.717) is 0 Å². The zero-order valence-corrected chi connectivity index (χ0v) is 57.1. The van der Waals surface area contributed by atoms with Crippen LogP contribution in [0.5, 0.6) is 46.0 Å². The summed E-state index contributed by atoms with van der Waals surface area (Å²) in [6.07, 6.45) is -18.5. The molecular formula is C66H76Cl3N9O24. The fourth-order valence-electron chi connectivity index (χ4n) is 12.6. The number of quaternary nitrogens is 1.